The molecule has 1 atom stereocenters. The average Bonchev–Trinajstić information content (AvgIpc) is 2.13. The second kappa shape index (κ2) is 19.5. The van der Waals surface area contributed by atoms with E-state index in [0.717, 1.165) is 12.8 Å². The summed E-state index contributed by atoms with van der Waals surface area (Å²) in [7, 11) is 0. The van der Waals surface area contributed by atoms with E-state index in [0.29, 0.717) is 6.42 Å². The smallest absolute Gasteiger partial charge is 0.309 e. The monoisotopic (exact) mass is 380 g/mol. The van der Waals surface area contributed by atoms with Crippen molar-refractivity contribution in [3.8, 4) is 0 Å². The first-order valence-corrected chi connectivity index (χ1v) is 5.60. The van der Waals surface area contributed by atoms with Gasteiger partial charge in [-0.05, 0) is 19.8 Å². The summed E-state index contributed by atoms with van der Waals surface area (Å²) in [6.07, 6.45) is 2.27. The number of carbonyl (C=O) groups excluding carboxylic acids is 1. The first kappa shape index (κ1) is 49.5. The molecule has 5 heteroatoms. The number of unbranched alkanes of at least 4 members (excludes halogenated alkanes) is 1. The van der Waals surface area contributed by atoms with Crippen LogP contribution in [-0.2, 0) is 26.7 Å². The van der Waals surface area contributed by atoms with E-state index >= 15 is 0 Å². The zero-order valence-electron chi connectivity index (χ0n) is 10.9. The molecule has 4 nitrogen and oxygen atoms in total. The first-order chi connectivity index (χ1) is 7.15. The number of hydrogen-bond acceptors (Lipinski definition) is 3. The van der Waals surface area contributed by atoms with Crippen molar-refractivity contribution in [2.24, 2.45) is 10.8 Å². The normalized spacial score (nSPS) is 10.8. The van der Waals surface area contributed by atoms with Crippen LogP contribution >= 0.6 is 0 Å². The topological polar surface area (TPSA) is 77.4 Å². The molecule has 0 amide bonds. The van der Waals surface area contributed by atoms with Gasteiger partial charge < -0.3 is 15.0 Å². The predicted octanol–water partition coefficient (Wildman–Crippen LogP) is 5.25. The summed E-state index contributed by atoms with van der Waals surface area (Å²) in [6, 6.07) is 0. The Morgan fingerprint density at radius 3 is 1.52 bits per heavy atom. The third kappa shape index (κ3) is 16.1. The van der Waals surface area contributed by atoms with Crippen molar-refractivity contribution in [3.05, 3.63) is 0 Å². The number of aliphatic carboxylic acids is 2. The van der Waals surface area contributed by atoms with Crippen LogP contribution in [0.4, 0.5) is 0 Å². The van der Waals surface area contributed by atoms with Gasteiger partial charge in [-0.1, -0.05) is 78.2 Å². The van der Waals surface area contributed by atoms with Gasteiger partial charge in [-0.2, -0.15) is 0 Å². The summed E-state index contributed by atoms with van der Waals surface area (Å²) in [4.78, 5) is 22.1. The van der Waals surface area contributed by atoms with Crippen LogP contribution in [0.2, 0.25) is 0 Å². The quantitative estimate of drug-likeness (QED) is 0.612. The van der Waals surface area contributed by atoms with Gasteiger partial charge in [0.15, 0.2) is 0 Å². The third-order valence-corrected chi connectivity index (χ3v) is 2.98. The van der Waals surface area contributed by atoms with Crippen LogP contribution in [0.5, 0.6) is 0 Å². The van der Waals surface area contributed by atoms with Crippen LogP contribution in [-0.4, -0.2) is 17.0 Å². The SMILES string of the molecule is C.C.C.C.C.C.CCCCC(C)(CC(C)(C)C(=O)[O-])C(=O)O.[Mn]. The van der Waals surface area contributed by atoms with Gasteiger partial charge in [-0.3, -0.25) is 4.79 Å². The fourth-order valence-corrected chi connectivity index (χ4v) is 1.89. The van der Waals surface area contributed by atoms with Crippen LogP contribution in [0, 0.1) is 10.8 Å². The summed E-state index contributed by atoms with van der Waals surface area (Å²) in [5, 5.41) is 20.1. The van der Waals surface area contributed by atoms with Gasteiger partial charge in [0.1, 0.15) is 0 Å². The van der Waals surface area contributed by atoms with Crippen LogP contribution in [0.3, 0.4) is 0 Å². The van der Waals surface area contributed by atoms with Crippen LogP contribution in [0.25, 0.3) is 0 Å². The number of rotatable bonds is 7. The molecule has 149 valence electrons. The van der Waals surface area contributed by atoms with Crippen LogP contribution in [0.1, 0.15) is 97.9 Å². The molecular formula is C18H45MnO4-. The molecule has 0 aliphatic heterocycles. The van der Waals surface area contributed by atoms with E-state index in [-0.39, 0.29) is 68.0 Å². The van der Waals surface area contributed by atoms with Gasteiger partial charge in [-0.15, -0.1) is 0 Å². The third-order valence-electron chi connectivity index (χ3n) is 2.98. The molecule has 1 radical (unpaired) electrons. The van der Waals surface area contributed by atoms with Crippen molar-refractivity contribution in [2.75, 3.05) is 0 Å². The maximum absolute atomic E-state index is 11.2. The standard InChI is InChI=1S/C12H22O4.6CH4.Mn/c1-5-6-7-12(4,10(15)16)8-11(2,3)9(13)14;;;;;;;/h5-8H2,1-4H3,(H,13,14)(H,15,16);6*1H4;/p-1. The number of carboxylic acids is 2. The van der Waals surface area contributed by atoms with Crippen molar-refractivity contribution in [3.63, 3.8) is 0 Å². The molecule has 0 bridgehead atoms. The first-order valence-electron chi connectivity index (χ1n) is 5.60. The average molecular weight is 380 g/mol. The van der Waals surface area contributed by atoms with Crippen molar-refractivity contribution >= 4 is 11.9 Å². The minimum Gasteiger partial charge on any atom is -0.550 e. The molecule has 0 saturated heterocycles. The van der Waals surface area contributed by atoms with E-state index in [4.69, 9.17) is 0 Å². The van der Waals surface area contributed by atoms with E-state index in [9.17, 15) is 19.8 Å². The Morgan fingerprint density at radius 1 is 0.957 bits per heavy atom. The molecule has 0 aliphatic rings. The molecule has 0 spiro atoms. The number of carboxylic acid groups (broad SMARTS) is 2. The van der Waals surface area contributed by atoms with E-state index in [2.05, 4.69) is 0 Å². The maximum atomic E-state index is 11.2. The molecule has 0 aromatic rings. The molecule has 0 heterocycles. The van der Waals surface area contributed by atoms with E-state index in [1.165, 1.54) is 13.8 Å². The largest absolute Gasteiger partial charge is 0.550 e. The Bertz CT molecular complexity index is 278. The summed E-state index contributed by atoms with van der Waals surface area (Å²) in [5.41, 5.74) is -2.10. The molecule has 0 fully saturated rings. The summed E-state index contributed by atoms with van der Waals surface area (Å²) in [6.45, 7) is 6.60. The molecular weight excluding hydrogens is 335 g/mol. The van der Waals surface area contributed by atoms with Gasteiger partial charge in [0.25, 0.3) is 0 Å². The molecule has 23 heavy (non-hydrogen) atoms. The Balaban J connectivity index is -0.0000000536. The number of hydrogen-bond donors (Lipinski definition) is 1. The zero-order chi connectivity index (χ0) is 13.0. The minimum atomic E-state index is -1.20. The van der Waals surface area contributed by atoms with Crippen molar-refractivity contribution < 1.29 is 36.9 Å². The predicted molar refractivity (Wildman–Crippen MR) is 99.1 cm³/mol. The molecule has 0 saturated carbocycles. The fraction of sp³-hybridized carbons (Fsp3) is 0.889. The molecule has 1 N–H and O–H groups in total. The summed E-state index contributed by atoms with van der Waals surface area (Å²) < 4.78 is 0. The fourth-order valence-electron chi connectivity index (χ4n) is 1.89. The number of carbonyl (C=O) groups is 2. The van der Waals surface area contributed by atoms with Gasteiger partial charge in [-0.25, -0.2) is 0 Å². The van der Waals surface area contributed by atoms with Crippen molar-refractivity contribution in [1.29, 1.82) is 0 Å². The van der Waals surface area contributed by atoms with Crippen molar-refractivity contribution in [1.82, 2.24) is 0 Å². The minimum absolute atomic E-state index is 0. The van der Waals surface area contributed by atoms with Crippen LogP contribution < -0.4 is 5.11 Å². The molecule has 0 rings (SSSR count). The molecule has 0 aliphatic carbocycles. The molecule has 0 aromatic heterocycles. The summed E-state index contributed by atoms with van der Waals surface area (Å²) in [5.74, 6) is -2.13. The van der Waals surface area contributed by atoms with Gasteiger partial charge in [0.05, 0.1) is 5.41 Å². The molecule has 0 aromatic carbocycles. The second-order valence-corrected chi connectivity index (χ2v) is 5.32. The second-order valence-electron chi connectivity index (χ2n) is 5.32. The van der Waals surface area contributed by atoms with E-state index in [1.807, 2.05) is 6.92 Å². The van der Waals surface area contributed by atoms with Crippen LogP contribution in [0.15, 0.2) is 0 Å². The van der Waals surface area contributed by atoms with Crippen molar-refractivity contribution in [2.45, 2.75) is 97.9 Å². The molecule has 1 unspecified atom stereocenters. The Kier molecular flexibility index (Phi) is 42.0. The maximum Gasteiger partial charge on any atom is 0.309 e. The van der Waals surface area contributed by atoms with E-state index in [1.54, 1.807) is 6.92 Å². The van der Waals surface area contributed by atoms with Gasteiger partial charge in [0, 0.05) is 28.5 Å². The van der Waals surface area contributed by atoms with Gasteiger partial charge in [0.2, 0.25) is 0 Å². The Hall–Kier alpha value is -0.541. The van der Waals surface area contributed by atoms with E-state index < -0.39 is 22.8 Å². The Morgan fingerprint density at radius 2 is 1.30 bits per heavy atom. The Labute approximate surface area is 157 Å². The zero-order valence-corrected chi connectivity index (χ0v) is 12.1. The summed E-state index contributed by atoms with van der Waals surface area (Å²) >= 11 is 0. The van der Waals surface area contributed by atoms with Gasteiger partial charge >= 0.3 is 5.97 Å².